The van der Waals surface area contributed by atoms with Gasteiger partial charge in [0.25, 0.3) is 0 Å². The molecule has 5 heteroatoms. The number of piperidine rings is 2. The standard InChI is InChI=1S/C24H32N2O3/c1-15(2)14-28-23(27)21-16(3)25-19-8-9-20-18(22(19)21)13-17-7-6-12-26-11-5-4-10-24(17,26)29-20/h8-9,15,17,25H,4-7,10-14H2,1-3H3. The van der Waals surface area contributed by atoms with Crippen LogP contribution in [-0.2, 0) is 11.2 Å². The molecule has 0 radical (unpaired) electrons. The number of rotatable bonds is 3. The van der Waals surface area contributed by atoms with Crippen LogP contribution in [0.3, 0.4) is 0 Å². The summed E-state index contributed by atoms with van der Waals surface area (Å²) in [7, 11) is 0. The van der Waals surface area contributed by atoms with Gasteiger partial charge in [-0.3, -0.25) is 4.90 Å². The monoisotopic (exact) mass is 396 g/mol. The van der Waals surface area contributed by atoms with Gasteiger partial charge in [-0.15, -0.1) is 0 Å². The van der Waals surface area contributed by atoms with E-state index in [1.54, 1.807) is 0 Å². The van der Waals surface area contributed by atoms with Gasteiger partial charge in [-0.1, -0.05) is 13.8 Å². The maximum atomic E-state index is 12.9. The number of carbonyl (C=O) groups is 1. The number of fused-ring (bicyclic) bond motifs is 3. The molecule has 5 rings (SSSR count). The van der Waals surface area contributed by atoms with E-state index in [9.17, 15) is 4.79 Å². The molecule has 3 aliphatic heterocycles. The third-order valence-corrected chi connectivity index (χ3v) is 7.07. The van der Waals surface area contributed by atoms with E-state index < -0.39 is 0 Å². The van der Waals surface area contributed by atoms with E-state index in [-0.39, 0.29) is 11.7 Å². The molecule has 156 valence electrons. The lowest BCUT2D eigenvalue weighted by molar-refractivity contribution is -0.177. The summed E-state index contributed by atoms with van der Waals surface area (Å²) in [6.45, 7) is 8.81. The minimum absolute atomic E-state index is 0.138. The number of aryl methyl sites for hydroxylation is 1. The van der Waals surface area contributed by atoms with Crippen molar-refractivity contribution in [3.05, 3.63) is 29.0 Å². The van der Waals surface area contributed by atoms with Gasteiger partial charge >= 0.3 is 5.97 Å². The summed E-state index contributed by atoms with van der Waals surface area (Å²) in [5.41, 5.74) is 3.62. The fraction of sp³-hybridized carbons (Fsp3) is 0.625. The third kappa shape index (κ3) is 2.97. The van der Waals surface area contributed by atoms with Gasteiger partial charge in [-0.25, -0.2) is 4.79 Å². The van der Waals surface area contributed by atoms with Crippen molar-refractivity contribution in [3.63, 3.8) is 0 Å². The number of hydrogen-bond donors (Lipinski definition) is 1. The molecule has 0 bridgehead atoms. The summed E-state index contributed by atoms with van der Waals surface area (Å²) in [6, 6.07) is 4.16. The number of aromatic amines is 1. The number of aromatic nitrogens is 1. The molecule has 29 heavy (non-hydrogen) atoms. The van der Waals surface area contributed by atoms with Crippen molar-refractivity contribution >= 4 is 16.9 Å². The first-order valence-corrected chi connectivity index (χ1v) is 11.2. The lowest BCUT2D eigenvalue weighted by Gasteiger charge is -2.56. The second kappa shape index (κ2) is 7.05. The van der Waals surface area contributed by atoms with Gasteiger partial charge in [0.15, 0.2) is 5.72 Å². The van der Waals surface area contributed by atoms with Crippen molar-refractivity contribution in [1.82, 2.24) is 9.88 Å². The summed E-state index contributed by atoms with van der Waals surface area (Å²) >= 11 is 0. The van der Waals surface area contributed by atoms with E-state index in [0.717, 1.165) is 48.3 Å². The predicted octanol–water partition coefficient (Wildman–Crippen LogP) is 4.82. The maximum Gasteiger partial charge on any atom is 0.340 e. The smallest absolute Gasteiger partial charge is 0.340 e. The van der Waals surface area contributed by atoms with Crippen LogP contribution < -0.4 is 4.74 Å². The summed E-state index contributed by atoms with van der Waals surface area (Å²) in [4.78, 5) is 18.9. The van der Waals surface area contributed by atoms with Crippen LogP contribution in [0.5, 0.6) is 5.75 Å². The minimum Gasteiger partial charge on any atom is -0.472 e. The number of benzene rings is 1. The Morgan fingerprint density at radius 1 is 1.31 bits per heavy atom. The Kier molecular flexibility index (Phi) is 4.61. The van der Waals surface area contributed by atoms with Crippen LogP contribution in [-0.4, -0.2) is 41.3 Å². The van der Waals surface area contributed by atoms with Crippen LogP contribution >= 0.6 is 0 Å². The number of hydrogen-bond acceptors (Lipinski definition) is 4. The first kappa shape index (κ1) is 19.0. The molecule has 4 heterocycles. The molecular formula is C24H32N2O3. The Hall–Kier alpha value is -2.01. The van der Waals surface area contributed by atoms with Gasteiger partial charge in [0.05, 0.1) is 12.2 Å². The molecule has 2 fully saturated rings. The Balaban J connectivity index is 1.59. The number of carbonyl (C=O) groups excluding carboxylic acids is 1. The van der Waals surface area contributed by atoms with Crippen LogP contribution in [0.2, 0.25) is 0 Å². The molecule has 2 atom stereocenters. The minimum atomic E-state index is -0.223. The quantitative estimate of drug-likeness (QED) is 0.756. The number of nitrogens with zero attached hydrogens (tertiary/aromatic N) is 1. The molecule has 1 aromatic heterocycles. The van der Waals surface area contributed by atoms with Gasteiger partial charge in [0, 0.05) is 47.6 Å². The first-order chi connectivity index (χ1) is 14.0. The maximum absolute atomic E-state index is 12.9. The molecule has 1 spiro atoms. The van der Waals surface area contributed by atoms with Gasteiger partial charge in [0.1, 0.15) is 5.75 Å². The van der Waals surface area contributed by atoms with Crippen LogP contribution in [0.15, 0.2) is 12.1 Å². The molecule has 5 nitrogen and oxygen atoms in total. The highest BCUT2D eigenvalue weighted by Crippen LogP contribution is 2.50. The average Bonchev–Trinajstić information content (AvgIpc) is 3.05. The van der Waals surface area contributed by atoms with E-state index >= 15 is 0 Å². The van der Waals surface area contributed by atoms with Crippen LogP contribution in [0, 0.1) is 18.8 Å². The van der Waals surface area contributed by atoms with E-state index in [1.165, 1.54) is 31.2 Å². The Bertz CT molecular complexity index is 945. The zero-order chi connectivity index (χ0) is 20.2. The van der Waals surface area contributed by atoms with Crippen LogP contribution in [0.4, 0.5) is 0 Å². The normalized spacial score (nSPS) is 26.6. The second-order valence-corrected chi connectivity index (χ2v) is 9.52. The highest BCUT2D eigenvalue weighted by molar-refractivity contribution is 6.07. The lowest BCUT2D eigenvalue weighted by Crippen LogP contribution is -2.64. The van der Waals surface area contributed by atoms with Crippen LogP contribution in [0.1, 0.15) is 67.6 Å². The molecular weight excluding hydrogens is 364 g/mol. The van der Waals surface area contributed by atoms with Crippen LogP contribution in [0.25, 0.3) is 10.9 Å². The highest BCUT2D eigenvalue weighted by atomic mass is 16.5. The van der Waals surface area contributed by atoms with Gasteiger partial charge in [0.2, 0.25) is 0 Å². The summed E-state index contributed by atoms with van der Waals surface area (Å²) in [6.07, 6.45) is 7.03. The average molecular weight is 397 g/mol. The van der Waals surface area contributed by atoms with Crippen molar-refractivity contribution < 1.29 is 14.3 Å². The van der Waals surface area contributed by atoms with Crippen molar-refractivity contribution in [2.24, 2.45) is 11.8 Å². The van der Waals surface area contributed by atoms with Gasteiger partial charge < -0.3 is 14.5 Å². The molecule has 0 amide bonds. The number of esters is 1. The van der Waals surface area contributed by atoms with Crippen molar-refractivity contribution in [1.29, 1.82) is 0 Å². The molecule has 2 saturated heterocycles. The zero-order valence-electron chi connectivity index (χ0n) is 17.8. The third-order valence-electron chi connectivity index (χ3n) is 7.07. The fourth-order valence-electron chi connectivity index (χ4n) is 5.78. The molecule has 2 aromatic rings. The zero-order valence-corrected chi connectivity index (χ0v) is 17.8. The molecule has 3 aliphatic rings. The van der Waals surface area contributed by atoms with Crippen molar-refractivity contribution in [2.75, 3.05) is 19.7 Å². The van der Waals surface area contributed by atoms with Crippen molar-refractivity contribution in [2.45, 2.75) is 65.0 Å². The largest absolute Gasteiger partial charge is 0.472 e. The molecule has 1 aromatic carbocycles. The number of H-pyrrole nitrogens is 1. The van der Waals surface area contributed by atoms with E-state index in [4.69, 9.17) is 9.47 Å². The SMILES string of the molecule is Cc1[nH]c2ccc3c(c2c1C(=O)OCC(C)C)CC1CCCN2CCCCC12O3. The first-order valence-electron chi connectivity index (χ1n) is 11.2. The molecule has 2 unspecified atom stereocenters. The Morgan fingerprint density at radius 3 is 2.97 bits per heavy atom. The Labute approximate surface area is 172 Å². The second-order valence-electron chi connectivity index (χ2n) is 9.52. The van der Waals surface area contributed by atoms with Gasteiger partial charge in [-0.2, -0.15) is 0 Å². The highest BCUT2D eigenvalue weighted by Gasteiger charge is 2.52. The summed E-state index contributed by atoms with van der Waals surface area (Å²) in [5.74, 6) is 1.55. The topological polar surface area (TPSA) is 54.6 Å². The number of nitrogens with one attached hydrogen (secondary N) is 1. The number of ether oxygens (including phenoxy) is 2. The van der Waals surface area contributed by atoms with Gasteiger partial charge in [-0.05, 0) is 57.1 Å². The molecule has 0 saturated carbocycles. The summed E-state index contributed by atoms with van der Waals surface area (Å²) in [5, 5.41) is 1.01. The molecule has 0 aliphatic carbocycles. The van der Waals surface area contributed by atoms with E-state index in [2.05, 4.69) is 35.9 Å². The fourth-order valence-corrected chi connectivity index (χ4v) is 5.78. The van der Waals surface area contributed by atoms with E-state index in [0.29, 0.717) is 24.0 Å². The lowest BCUT2D eigenvalue weighted by atomic mass is 9.74. The molecule has 1 N–H and O–H groups in total. The predicted molar refractivity (Wildman–Crippen MR) is 113 cm³/mol. The van der Waals surface area contributed by atoms with E-state index in [1.807, 2.05) is 6.92 Å². The Morgan fingerprint density at radius 2 is 2.14 bits per heavy atom. The van der Waals surface area contributed by atoms with Crippen molar-refractivity contribution in [3.8, 4) is 5.75 Å². The summed E-state index contributed by atoms with van der Waals surface area (Å²) < 4.78 is 12.4.